The SMILES string of the molecule is COc1ccc(CCn2c(C)c(C)c3c2ncn2nc(CO/N=C(\C)c4ccccc4)nc32)cc1OC. The number of ether oxygens (including phenoxy) is 2. The molecule has 0 amide bonds. The van der Waals surface area contributed by atoms with Crippen molar-refractivity contribution in [2.45, 2.75) is 40.3 Å². The third-order valence-electron chi connectivity index (χ3n) is 6.65. The Kier molecular flexibility index (Phi) is 6.76. The van der Waals surface area contributed by atoms with Gasteiger partial charge in [0.05, 0.1) is 25.3 Å². The van der Waals surface area contributed by atoms with Crippen molar-refractivity contribution in [2.75, 3.05) is 14.2 Å². The summed E-state index contributed by atoms with van der Waals surface area (Å²) >= 11 is 0. The van der Waals surface area contributed by atoms with Crippen molar-refractivity contribution in [3.8, 4) is 11.5 Å². The number of oxime groups is 1. The first kappa shape index (κ1) is 24.3. The number of fused-ring (bicyclic) bond motifs is 3. The second-order valence-corrected chi connectivity index (χ2v) is 8.86. The van der Waals surface area contributed by atoms with Gasteiger partial charge in [0.15, 0.2) is 29.6 Å². The fourth-order valence-electron chi connectivity index (χ4n) is 4.51. The van der Waals surface area contributed by atoms with Crippen LogP contribution in [0.15, 0.2) is 60.0 Å². The molecule has 0 aliphatic rings. The molecule has 0 bridgehead atoms. The maximum Gasteiger partial charge on any atom is 0.192 e. The van der Waals surface area contributed by atoms with Crippen LogP contribution in [-0.4, -0.2) is 44.1 Å². The van der Waals surface area contributed by atoms with Crippen LogP contribution in [0.3, 0.4) is 0 Å². The molecule has 0 atom stereocenters. The molecular weight excluding hydrogens is 468 g/mol. The smallest absolute Gasteiger partial charge is 0.192 e. The van der Waals surface area contributed by atoms with E-state index in [2.05, 4.69) is 34.7 Å². The molecule has 5 rings (SSSR count). The maximum absolute atomic E-state index is 5.56. The van der Waals surface area contributed by atoms with Gasteiger partial charge < -0.3 is 18.9 Å². The normalized spacial score (nSPS) is 11.9. The van der Waals surface area contributed by atoms with Gasteiger partial charge in [-0.3, -0.25) is 0 Å². The number of aromatic nitrogens is 5. The lowest BCUT2D eigenvalue weighted by Crippen LogP contribution is -2.05. The highest BCUT2D eigenvalue weighted by Gasteiger charge is 2.18. The van der Waals surface area contributed by atoms with Gasteiger partial charge in [0.2, 0.25) is 0 Å². The number of nitrogens with zero attached hydrogens (tertiary/aromatic N) is 6. The number of benzene rings is 2. The van der Waals surface area contributed by atoms with E-state index in [1.54, 1.807) is 25.1 Å². The number of rotatable bonds is 9. The van der Waals surface area contributed by atoms with Crippen molar-refractivity contribution in [2.24, 2.45) is 5.16 Å². The first-order chi connectivity index (χ1) is 18.0. The van der Waals surface area contributed by atoms with Crippen molar-refractivity contribution < 1.29 is 14.3 Å². The Morgan fingerprint density at radius 3 is 2.51 bits per heavy atom. The highest BCUT2D eigenvalue weighted by Crippen LogP contribution is 2.30. The Hall–Kier alpha value is -4.40. The predicted octanol–water partition coefficient (Wildman–Crippen LogP) is 4.90. The number of hydrogen-bond acceptors (Lipinski definition) is 7. The van der Waals surface area contributed by atoms with E-state index in [1.165, 1.54) is 0 Å². The molecule has 0 N–H and O–H groups in total. The molecule has 0 unspecified atom stereocenters. The van der Waals surface area contributed by atoms with Gasteiger partial charge in [-0.15, -0.1) is 5.10 Å². The van der Waals surface area contributed by atoms with E-state index in [9.17, 15) is 0 Å². The second kappa shape index (κ2) is 10.3. The van der Waals surface area contributed by atoms with E-state index in [4.69, 9.17) is 24.3 Å². The molecule has 3 heterocycles. The summed E-state index contributed by atoms with van der Waals surface area (Å²) < 4.78 is 14.8. The summed E-state index contributed by atoms with van der Waals surface area (Å²) in [4.78, 5) is 15.1. The van der Waals surface area contributed by atoms with Crippen LogP contribution in [0.5, 0.6) is 11.5 Å². The highest BCUT2D eigenvalue weighted by atomic mass is 16.6. The van der Waals surface area contributed by atoms with E-state index in [1.807, 2.05) is 49.4 Å². The maximum atomic E-state index is 5.56. The largest absolute Gasteiger partial charge is 0.493 e. The first-order valence-corrected chi connectivity index (χ1v) is 12.1. The Bertz CT molecular complexity index is 1590. The van der Waals surface area contributed by atoms with Crippen LogP contribution < -0.4 is 9.47 Å². The molecule has 2 aromatic carbocycles. The Balaban J connectivity index is 1.38. The van der Waals surface area contributed by atoms with Gasteiger partial charge in [-0.1, -0.05) is 41.6 Å². The summed E-state index contributed by atoms with van der Waals surface area (Å²) in [5, 5.41) is 9.78. The molecule has 0 saturated heterocycles. The molecule has 9 nitrogen and oxygen atoms in total. The van der Waals surface area contributed by atoms with Crippen LogP contribution in [0.1, 0.15) is 35.1 Å². The molecule has 3 aromatic heterocycles. The lowest BCUT2D eigenvalue weighted by Gasteiger charge is -2.11. The summed E-state index contributed by atoms with van der Waals surface area (Å²) in [6.45, 7) is 7.07. The molecule has 5 aromatic rings. The van der Waals surface area contributed by atoms with Crippen LogP contribution in [0.4, 0.5) is 0 Å². The average molecular weight is 499 g/mol. The van der Waals surface area contributed by atoms with Gasteiger partial charge in [-0.05, 0) is 56.0 Å². The van der Waals surface area contributed by atoms with Gasteiger partial charge in [-0.25, -0.2) is 14.5 Å². The van der Waals surface area contributed by atoms with Gasteiger partial charge in [0, 0.05) is 12.2 Å². The fourth-order valence-corrected chi connectivity index (χ4v) is 4.51. The third-order valence-corrected chi connectivity index (χ3v) is 6.65. The fraction of sp³-hybridized carbons (Fsp3) is 0.286. The molecule has 37 heavy (non-hydrogen) atoms. The molecule has 0 radical (unpaired) electrons. The number of methoxy groups -OCH3 is 2. The molecule has 190 valence electrons. The van der Waals surface area contributed by atoms with Crippen molar-refractivity contribution in [3.05, 3.63) is 83.1 Å². The molecule has 0 fully saturated rings. The van der Waals surface area contributed by atoms with Crippen LogP contribution in [0.2, 0.25) is 0 Å². The van der Waals surface area contributed by atoms with E-state index >= 15 is 0 Å². The van der Waals surface area contributed by atoms with Crippen molar-refractivity contribution in [1.29, 1.82) is 0 Å². The van der Waals surface area contributed by atoms with Gasteiger partial charge in [0.1, 0.15) is 12.0 Å². The molecule has 0 saturated carbocycles. The zero-order valence-electron chi connectivity index (χ0n) is 21.7. The standard InChI is InChI=1S/C28H30N6O3/c1-18-20(3)33(14-13-21-11-12-23(35-4)24(15-21)36-5)27-26(18)28-30-25(31-34(28)17-29-27)16-37-32-19(2)22-9-7-6-8-10-22/h6-12,15,17H,13-14,16H2,1-5H3/b32-19+. The quantitative estimate of drug-likeness (QED) is 0.212. The minimum atomic E-state index is 0.172. The van der Waals surface area contributed by atoms with Crippen LogP contribution in [0, 0.1) is 13.8 Å². The minimum absolute atomic E-state index is 0.172. The molecule has 9 heteroatoms. The first-order valence-electron chi connectivity index (χ1n) is 12.1. The summed E-state index contributed by atoms with van der Waals surface area (Å²) in [5.74, 6) is 2.00. The summed E-state index contributed by atoms with van der Waals surface area (Å²) in [6.07, 6.45) is 2.53. The Morgan fingerprint density at radius 2 is 1.76 bits per heavy atom. The lowest BCUT2D eigenvalue weighted by molar-refractivity contribution is 0.125. The average Bonchev–Trinajstić information content (AvgIpc) is 3.45. The molecule has 0 aliphatic carbocycles. The van der Waals surface area contributed by atoms with Gasteiger partial charge in [0.25, 0.3) is 0 Å². The topological polar surface area (TPSA) is 88.1 Å². The highest BCUT2D eigenvalue weighted by molar-refractivity contribution is 5.98. The van der Waals surface area contributed by atoms with Crippen LogP contribution in [0.25, 0.3) is 16.7 Å². The lowest BCUT2D eigenvalue weighted by atomic mass is 10.1. The van der Waals surface area contributed by atoms with Crippen molar-refractivity contribution >= 4 is 22.4 Å². The Labute approximate surface area is 215 Å². The van der Waals surface area contributed by atoms with Crippen molar-refractivity contribution in [3.63, 3.8) is 0 Å². The molecular formula is C28H30N6O3. The molecule has 0 aliphatic heterocycles. The second-order valence-electron chi connectivity index (χ2n) is 8.86. The van der Waals surface area contributed by atoms with E-state index < -0.39 is 0 Å². The zero-order valence-corrected chi connectivity index (χ0v) is 21.7. The molecule has 0 spiro atoms. The van der Waals surface area contributed by atoms with Crippen LogP contribution in [-0.2, 0) is 24.4 Å². The van der Waals surface area contributed by atoms with Gasteiger partial charge >= 0.3 is 0 Å². The Morgan fingerprint density at radius 1 is 0.973 bits per heavy atom. The van der Waals surface area contributed by atoms with E-state index in [-0.39, 0.29) is 6.61 Å². The summed E-state index contributed by atoms with van der Waals surface area (Å²) in [5.41, 5.74) is 6.91. The minimum Gasteiger partial charge on any atom is -0.493 e. The summed E-state index contributed by atoms with van der Waals surface area (Å²) in [6, 6.07) is 15.9. The number of hydrogen-bond donors (Lipinski definition) is 0. The van der Waals surface area contributed by atoms with E-state index in [0.717, 1.165) is 69.2 Å². The van der Waals surface area contributed by atoms with Crippen molar-refractivity contribution in [1.82, 2.24) is 24.1 Å². The van der Waals surface area contributed by atoms with E-state index in [0.29, 0.717) is 5.82 Å². The van der Waals surface area contributed by atoms with Crippen LogP contribution >= 0.6 is 0 Å². The number of aryl methyl sites for hydroxylation is 3. The third kappa shape index (κ3) is 4.72. The van der Waals surface area contributed by atoms with Gasteiger partial charge in [-0.2, -0.15) is 0 Å². The summed E-state index contributed by atoms with van der Waals surface area (Å²) in [7, 11) is 3.29. The monoisotopic (exact) mass is 498 g/mol. The zero-order chi connectivity index (χ0) is 25.9. The predicted molar refractivity (Wildman–Crippen MR) is 142 cm³/mol.